The van der Waals surface area contributed by atoms with Crippen molar-refractivity contribution < 1.29 is 0 Å². The average Bonchev–Trinajstić information content (AvgIpc) is 3.91. The van der Waals surface area contributed by atoms with Gasteiger partial charge in [-0.2, -0.15) is 0 Å². The number of rotatable bonds is 3. The molecule has 10 aromatic carbocycles. The number of aromatic nitrogens is 2. The van der Waals surface area contributed by atoms with E-state index in [-0.39, 0.29) is 0 Å². The number of fused-ring (bicyclic) bond motifs is 15. The summed E-state index contributed by atoms with van der Waals surface area (Å²) in [5.74, 6) is 0. The minimum atomic E-state index is 1.16. The van der Waals surface area contributed by atoms with Gasteiger partial charge in [0.05, 0.1) is 27.6 Å². The van der Waals surface area contributed by atoms with Crippen molar-refractivity contribution in [3.05, 3.63) is 194 Å². The predicted octanol–water partition coefficient (Wildman–Crippen LogP) is 14.7. The van der Waals surface area contributed by atoms with E-state index < -0.39 is 0 Å². The van der Waals surface area contributed by atoms with Crippen molar-refractivity contribution in [2.75, 3.05) is 0 Å². The highest BCUT2D eigenvalue weighted by Crippen LogP contribution is 2.42. The van der Waals surface area contributed by atoms with Crippen molar-refractivity contribution in [3.63, 3.8) is 0 Å². The molecule has 0 radical (unpaired) electrons. The lowest BCUT2D eigenvalue weighted by Crippen LogP contribution is -1.94. The van der Waals surface area contributed by atoms with Gasteiger partial charge < -0.3 is 8.97 Å². The first kappa shape index (κ1) is 30.0. The van der Waals surface area contributed by atoms with Gasteiger partial charge in [0.15, 0.2) is 0 Å². The molecule has 0 saturated carbocycles. The molecule has 2 nitrogen and oxygen atoms in total. The quantitative estimate of drug-likeness (QED) is 0.162. The summed E-state index contributed by atoms with van der Waals surface area (Å²) < 4.78 is 4.90. The summed E-state index contributed by atoms with van der Waals surface area (Å²) in [4.78, 5) is 0. The summed E-state index contributed by atoms with van der Waals surface area (Å²) in [7, 11) is 0. The third-order valence-corrected chi connectivity index (χ3v) is 12.4. The van der Waals surface area contributed by atoms with E-state index in [0.717, 1.165) is 5.69 Å². The normalized spacial score (nSPS) is 12.3. The second kappa shape index (κ2) is 11.1. The Labute approximate surface area is 322 Å². The summed E-state index contributed by atoms with van der Waals surface area (Å²) in [6, 6.07) is 72.0. The maximum absolute atomic E-state index is 2.47. The zero-order valence-electron chi connectivity index (χ0n) is 30.4. The Morgan fingerprint density at radius 3 is 1.39 bits per heavy atom. The molecule has 0 fully saturated rings. The Morgan fingerprint density at radius 2 is 0.679 bits per heavy atom. The van der Waals surface area contributed by atoms with Gasteiger partial charge in [0, 0.05) is 38.0 Å². The summed E-state index contributed by atoms with van der Waals surface area (Å²) in [6.07, 6.45) is 0. The summed E-state index contributed by atoms with van der Waals surface area (Å²) >= 11 is 0. The van der Waals surface area contributed by atoms with Crippen molar-refractivity contribution in [1.82, 2.24) is 8.97 Å². The van der Waals surface area contributed by atoms with Crippen LogP contribution in [0.1, 0.15) is 0 Å². The van der Waals surface area contributed by atoms with Crippen LogP contribution >= 0.6 is 0 Å². The molecule has 0 spiro atoms. The van der Waals surface area contributed by atoms with E-state index in [1.165, 1.54) is 114 Å². The Hall–Kier alpha value is -7.42. The molecule has 0 aliphatic rings. The molecule has 3 heterocycles. The van der Waals surface area contributed by atoms with Gasteiger partial charge in [-0.3, -0.25) is 0 Å². The molecule has 2 heteroatoms. The minimum Gasteiger partial charge on any atom is -0.309 e. The lowest BCUT2D eigenvalue weighted by Gasteiger charge is -2.13. The maximum Gasteiger partial charge on any atom is 0.0620 e. The smallest absolute Gasteiger partial charge is 0.0620 e. The first-order valence-corrected chi connectivity index (χ1v) is 19.4. The molecule has 0 unspecified atom stereocenters. The first-order chi connectivity index (χ1) is 27.8. The average molecular weight is 709 g/mol. The number of benzene rings is 10. The van der Waals surface area contributed by atoms with Crippen LogP contribution < -0.4 is 0 Å². The van der Waals surface area contributed by atoms with Crippen molar-refractivity contribution in [2.45, 2.75) is 0 Å². The molecule has 13 rings (SSSR count). The number of nitrogens with zero attached hydrogens (tertiary/aromatic N) is 2. The third-order valence-electron chi connectivity index (χ3n) is 12.4. The molecule has 0 aliphatic heterocycles. The molecular weight excluding hydrogens is 677 g/mol. The van der Waals surface area contributed by atoms with Crippen LogP contribution in [0, 0.1) is 0 Å². The highest BCUT2D eigenvalue weighted by Gasteiger charge is 2.19. The Balaban J connectivity index is 0.974. The fraction of sp³-hybridized carbons (Fsp3) is 0. The second-order valence-corrected chi connectivity index (χ2v) is 15.3. The Bertz CT molecular complexity index is 3730. The van der Waals surface area contributed by atoms with E-state index >= 15 is 0 Å². The molecule has 0 amide bonds. The van der Waals surface area contributed by atoms with Crippen LogP contribution in [0.2, 0.25) is 0 Å². The van der Waals surface area contributed by atoms with E-state index in [1.807, 2.05) is 0 Å². The van der Waals surface area contributed by atoms with E-state index in [0.29, 0.717) is 0 Å². The highest BCUT2D eigenvalue weighted by atomic mass is 15.0. The van der Waals surface area contributed by atoms with Crippen molar-refractivity contribution in [2.24, 2.45) is 0 Å². The Morgan fingerprint density at radius 1 is 0.232 bits per heavy atom. The number of hydrogen-bond donors (Lipinski definition) is 0. The van der Waals surface area contributed by atoms with Gasteiger partial charge >= 0.3 is 0 Å². The molecular formula is C54H32N2. The van der Waals surface area contributed by atoms with Crippen LogP contribution in [0.5, 0.6) is 0 Å². The molecule has 0 atom stereocenters. The number of hydrogen-bond acceptors (Lipinski definition) is 0. The SMILES string of the molecule is c1cc(-c2ccc3c4ccccc4c4ccccc4c3c2)cc(-n2c3ccccc3c3cc(-c4ccc5c6cccc7c8ccccc8n(c5c4)c76)ccc32)c1. The molecule has 0 saturated heterocycles. The van der Waals surface area contributed by atoms with Crippen molar-refractivity contribution in [1.29, 1.82) is 0 Å². The van der Waals surface area contributed by atoms with E-state index in [9.17, 15) is 0 Å². The van der Waals surface area contributed by atoms with Crippen molar-refractivity contribution in [3.8, 4) is 27.9 Å². The van der Waals surface area contributed by atoms with Crippen LogP contribution in [0.3, 0.4) is 0 Å². The molecule has 0 bridgehead atoms. The third kappa shape index (κ3) is 4.00. The summed E-state index contributed by atoms with van der Waals surface area (Å²) in [5.41, 5.74) is 12.3. The van der Waals surface area contributed by atoms with Crippen LogP contribution in [0.15, 0.2) is 194 Å². The van der Waals surface area contributed by atoms with E-state index in [1.54, 1.807) is 0 Å². The number of para-hydroxylation sites is 3. The fourth-order valence-electron chi connectivity index (χ4n) is 9.95. The van der Waals surface area contributed by atoms with Gasteiger partial charge in [0.25, 0.3) is 0 Å². The van der Waals surface area contributed by atoms with Gasteiger partial charge in [-0.15, -0.1) is 0 Å². The fourth-order valence-corrected chi connectivity index (χ4v) is 9.95. The molecule has 56 heavy (non-hydrogen) atoms. The minimum absolute atomic E-state index is 1.16. The second-order valence-electron chi connectivity index (χ2n) is 15.3. The molecule has 13 aromatic rings. The lowest BCUT2D eigenvalue weighted by molar-refractivity contribution is 1.18. The standard InChI is InChI=1S/C54H32N2/c1-2-15-40-38(13-1)39-14-3-4-16-41(39)48-30-34(23-26-42(40)48)33-11-9-12-37(29-33)55-50-21-7-6-18-44(50)49-31-35(25-28-52(49)55)36-24-27-45-47-20-10-19-46-43-17-5-8-22-51(43)56(54(46)47)53(45)32-36/h1-32H. The van der Waals surface area contributed by atoms with Crippen molar-refractivity contribution >= 4 is 92.2 Å². The summed E-state index contributed by atoms with van der Waals surface area (Å²) in [5, 5.41) is 15.5. The molecule has 3 aromatic heterocycles. The predicted molar refractivity (Wildman–Crippen MR) is 239 cm³/mol. The topological polar surface area (TPSA) is 9.34 Å². The van der Waals surface area contributed by atoms with Crippen LogP contribution in [-0.4, -0.2) is 8.97 Å². The van der Waals surface area contributed by atoms with Gasteiger partial charge in [-0.1, -0.05) is 146 Å². The molecule has 258 valence electrons. The van der Waals surface area contributed by atoms with Gasteiger partial charge in [-0.05, 0) is 103 Å². The largest absolute Gasteiger partial charge is 0.309 e. The Kier molecular flexibility index (Phi) is 5.92. The molecule has 0 aliphatic carbocycles. The van der Waals surface area contributed by atoms with Gasteiger partial charge in [-0.25, -0.2) is 0 Å². The highest BCUT2D eigenvalue weighted by molar-refractivity contribution is 6.26. The zero-order chi connectivity index (χ0) is 36.5. The van der Waals surface area contributed by atoms with E-state index in [4.69, 9.17) is 0 Å². The maximum atomic E-state index is 2.47. The van der Waals surface area contributed by atoms with Crippen LogP contribution in [-0.2, 0) is 0 Å². The van der Waals surface area contributed by atoms with Gasteiger partial charge in [0.2, 0.25) is 0 Å². The van der Waals surface area contributed by atoms with E-state index in [2.05, 4.69) is 203 Å². The first-order valence-electron chi connectivity index (χ1n) is 19.4. The van der Waals surface area contributed by atoms with Crippen LogP contribution in [0.4, 0.5) is 0 Å². The zero-order valence-corrected chi connectivity index (χ0v) is 30.4. The monoisotopic (exact) mass is 708 g/mol. The van der Waals surface area contributed by atoms with Gasteiger partial charge in [0.1, 0.15) is 0 Å². The summed E-state index contributed by atoms with van der Waals surface area (Å²) in [6.45, 7) is 0. The molecule has 0 N–H and O–H groups in total. The van der Waals surface area contributed by atoms with Crippen LogP contribution in [0.25, 0.3) is 120 Å². The lowest BCUT2D eigenvalue weighted by atomic mass is 9.92.